The van der Waals surface area contributed by atoms with Gasteiger partial charge in [0.25, 0.3) is 0 Å². The lowest BCUT2D eigenvalue weighted by Gasteiger charge is -2.16. The summed E-state index contributed by atoms with van der Waals surface area (Å²) >= 11 is 1.54. The van der Waals surface area contributed by atoms with Crippen LogP contribution in [0.2, 0.25) is 0 Å². The molecule has 0 saturated heterocycles. The molecular formula is C10H11N3S. The quantitative estimate of drug-likeness (QED) is 0.757. The number of thiophene rings is 1. The molecule has 0 fully saturated rings. The molecule has 72 valence electrons. The van der Waals surface area contributed by atoms with Crippen LogP contribution in [0.5, 0.6) is 0 Å². The zero-order valence-electron chi connectivity index (χ0n) is 8.19. The number of rotatable bonds is 3. The summed E-state index contributed by atoms with van der Waals surface area (Å²) in [7, 11) is 3.73. The highest BCUT2D eigenvalue weighted by Gasteiger charge is 2.17. The summed E-state index contributed by atoms with van der Waals surface area (Å²) < 4.78 is 0. The molecule has 0 spiro atoms. The summed E-state index contributed by atoms with van der Waals surface area (Å²) in [5, 5.41) is 19.5. The fraction of sp³-hybridized carbons (Fsp3) is 0.400. The first kappa shape index (κ1) is 10.7. The van der Waals surface area contributed by atoms with Gasteiger partial charge in [0.05, 0.1) is 18.6 Å². The third-order valence-corrected chi connectivity index (χ3v) is 2.95. The minimum absolute atomic E-state index is 0.238. The molecule has 0 N–H and O–H groups in total. The van der Waals surface area contributed by atoms with Gasteiger partial charge in [-0.15, -0.1) is 11.3 Å². The van der Waals surface area contributed by atoms with Crippen molar-refractivity contribution in [1.82, 2.24) is 4.90 Å². The van der Waals surface area contributed by atoms with Gasteiger partial charge in [0.15, 0.2) is 0 Å². The Balaban J connectivity index is 3.00. The van der Waals surface area contributed by atoms with Crippen LogP contribution in [0.15, 0.2) is 11.4 Å². The van der Waals surface area contributed by atoms with Gasteiger partial charge in [-0.25, -0.2) is 0 Å². The topological polar surface area (TPSA) is 50.8 Å². The number of nitrogens with zero attached hydrogens (tertiary/aromatic N) is 3. The zero-order valence-corrected chi connectivity index (χ0v) is 9.01. The largest absolute Gasteiger partial charge is 0.290 e. The molecule has 0 saturated carbocycles. The van der Waals surface area contributed by atoms with Gasteiger partial charge in [-0.05, 0) is 31.1 Å². The Hall–Kier alpha value is -1.36. The monoisotopic (exact) mass is 205 g/mol. The molecular weight excluding hydrogens is 194 g/mol. The van der Waals surface area contributed by atoms with E-state index in [4.69, 9.17) is 10.5 Å². The van der Waals surface area contributed by atoms with Crippen molar-refractivity contribution in [1.29, 1.82) is 10.5 Å². The highest BCUT2D eigenvalue weighted by atomic mass is 32.1. The molecule has 1 aromatic heterocycles. The standard InChI is InChI=1S/C10H11N3S/c1-13(2)9(7-12)10-8(3-5-11)4-6-14-10/h4,6,9H,3H2,1-2H3. The second kappa shape index (κ2) is 4.76. The van der Waals surface area contributed by atoms with Crippen molar-refractivity contribution in [2.45, 2.75) is 12.5 Å². The predicted octanol–water partition coefficient (Wildman–Crippen LogP) is 1.94. The molecule has 1 atom stereocenters. The Bertz CT molecular complexity index is 381. The molecule has 0 amide bonds. The summed E-state index contributed by atoms with van der Waals surface area (Å²) in [6, 6.07) is 6.01. The van der Waals surface area contributed by atoms with E-state index in [9.17, 15) is 0 Å². The molecule has 1 rings (SSSR count). The maximum atomic E-state index is 8.99. The maximum Gasteiger partial charge on any atom is 0.132 e. The van der Waals surface area contributed by atoms with Crippen LogP contribution in [0, 0.1) is 22.7 Å². The predicted molar refractivity (Wildman–Crippen MR) is 55.7 cm³/mol. The first-order valence-corrected chi connectivity index (χ1v) is 5.08. The second-order valence-electron chi connectivity index (χ2n) is 3.14. The van der Waals surface area contributed by atoms with Gasteiger partial charge >= 0.3 is 0 Å². The van der Waals surface area contributed by atoms with Crippen LogP contribution < -0.4 is 0 Å². The van der Waals surface area contributed by atoms with E-state index in [0.717, 1.165) is 10.4 Å². The van der Waals surface area contributed by atoms with Crippen molar-refractivity contribution in [3.05, 3.63) is 21.9 Å². The van der Waals surface area contributed by atoms with Crippen LogP contribution in [0.4, 0.5) is 0 Å². The summed E-state index contributed by atoms with van der Waals surface area (Å²) in [4.78, 5) is 2.84. The molecule has 3 nitrogen and oxygen atoms in total. The zero-order chi connectivity index (χ0) is 10.6. The van der Waals surface area contributed by atoms with Crippen LogP contribution in [0.25, 0.3) is 0 Å². The van der Waals surface area contributed by atoms with Crippen molar-refractivity contribution in [2.75, 3.05) is 14.1 Å². The third-order valence-electron chi connectivity index (χ3n) is 1.94. The first-order chi connectivity index (χ1) is 6.70. The lowest BCUT2D eigenvalue weighted by atomic mass is 10.1. The average molecular weight is 205 g/mol. The smallest absolute Gasteiger partial charge is 0.132 e. The van der Waals surface area contributed by atoms with Crippen LogP contribution in [-0.2, 0) is 6.42 Å². The van der Waals surface area contributed by atoms with Crippen LogP contribution >= 0.6 is 11.3 Å². The van der Waals surface area contributed by atoms with Gasteiger partial charge < -0.3 is 0 Å². The normalized spacial score (nSPS) is 12.1. The van der Waals surface area contributed by atoms with Crippen molar-refractivity contribution in [2.24, 2.45) is 0 Å². The van der Waals surface area contributed by atoms with Gasteiger partial charge in [0.1, 0.15) is 6.04 Å². The van der Waals surface area contributed by atoms with Gasteiger partial charge in [0.2, 0.25) is 0 Å². The third kappa shape index (κ3) is 2.11. The molecule has 0 aromatic carbocycles. The van der Waals surface area contributed by atoms with Crippen molar-refractivity contribution in [3.8, 4) is 12.1 Å². The average Bonchev–Trinajstić information content (AvgIpc) is 2.55. The summed E-state index contributed by atoms with van der Waals surface area (Å²) in [6.45, 7) is 0. The molecule has 0 bridgehead atoms. The van der Waals surface area contributed by atoms with E-state index in [-0.39, 0.29) is 6.04 Å². The van der Waals surface area contributed by atoms with Gasteiger partial charge in [-0.1, -0.05) is 0 Å². The number of hydrogen-bond acceptors (Lipinski definition) is 4. The Kier molecular flexibility index (Phi) is 3.64. The van der Waals surface area contributed by atoms with Crippen LogP contribution in [-0.4, -0.2) is 19.0 Å². The Labute approximate surface area is 87.8 Å². The van der Waals surface area contributed by atoms with Crippen molar-refractivity contribution >= 4 is 11.3 Å². The van der Waals surface area contributed by atoms with E-state index in [2.05, 4.69) is 12.1 Å². The summed E-state index contributed by atoms with van der Waals surface area (Å²) in [6.07, 6.45) is 0.380. The lowest BCUT2D eigenvalue weighted by molar-refractivity contribution is 0.361. The molecule has 0 radical (unpaired) electrons. The van der Waals surface area contributed by atoms with Crippen molar-refractivity contribution in [3.63, 3.8) is 0 Å². The van der Waals surface area contributed by atoms with E-state index < -0.39 is 0 Å². The lowest BCUT2D eigenvalue weighted by Crippen LogP contribution is -2.18. The fourth-order valence-corrected chi connectivity index (χ4v) is 2.29. The fourth-order valence-electron chi connectivity index (χ4n) is 1.23. The molecule has 0 aliphatic rings. The highest BCUT2D eigenvalue weighted by Crippen LogP contribution is 2.27. The molecule has 0 aliphatic heterocycles. The number of nitriles is 2. The van der Waals surface area contributed by atoms with E-state index >= 15 is 0 Å². The molecule has 1 aromatic rings. The summed E-state index contributed by atoms with van der Waals surface area (Å²) in [5.41, 5.74) is 0.970. The van der Waals surface area contributed by atoms with E-state index in [1.54, 1.807) is 0 Å². The Morgan fingerprint density at radius 3 is 2.71 bits per heavy atom. The van der Waals surface area contributed by atoms with Gasteiger partial charge in [0, 0.05) is 4.88 Å². The summed E-state index contributed by atoms with van der Waals surface area (Å²) in [5.74, 6) is 0. The van der Waals surface area contributed by atoms with E-state index in [1.165, 1.54) is 11.3 Å². The molecule has 4 heteroatoms. The van der Waals surface area contributed by atoms with E-state index in [1.807, 2.05) is 30.4 Å². The highest BCUT2D eigenvalue weighted by molar-refractivity contribution is 7.10. The molecule has 1 heterocycles. The first-order valence-electron chi connectivity index (χ1n) is 4.20. The van der Waals surface area contributed by atoms with Gasteiger partial charge in [-0.3, -0.25) is 4.90 Å². The van der Waals surface area contributed by atoms with Gasteiger partial charge in [-0.2, -0.15) is 10.5 Å². The molecule has 0 aliphatic carbocycles. The maximum absolute atomic E-state index is 8.99. The molecule has 14 heavy (non-hydrogen) atoms. The SMILES string of the molecule is CN(C)C(C#N)c1sccc1CC#N. The van der Waals surface area contributed by atoms with E-state index in [0.29, 0.717) is 6.42 Å². The Morgan fingerprint density at radius 2 is 2.21 bits per heavy atom. The van der Waals surface area contributed by atoms with Crippen LogP contribution in [0.1, 0.15) is 16.5 Å². The number of hydrogen-bond donors (Lipinski definition) is 0. The van der Waals surface area contributed by atoms with Crippen LogP contribution in [0.3, 0.4) is 0 Å². The minimum atomic E-state index is -0.238. The Morgan fingerprint density at radius 1 is 1.50 bits per heavy atom. The minimum Gasteiger partial charge on any atom is -0.290 e. The molecule has 1 unspecified atom stereocenters. The second-order valence-corrected chi connectivity index (χ2v) is 4.09. The van der Waals surface area contributed by atoms with Crippen molar-refractivity contribution < 1.29 is 0 Å².